The monoisotopic (exact) mass is 419 g/mol. The number of piperazine rings is 1. The summed E-state index contributed by atoms with van der Waals surface area (Å²) in [6.45, 7) is 0.386. The highest BCUT2D eigenvalue weighted by molar-refractivity contribution is 6.04. The first-order valence-electron chi connectivity index (χ1n) is 11.4. The van der Waals surface area contributed by atoms with Crippen molar-refractivity contribution >= 4 is 11.8 Å². The van der Waals surface area contributed by atoms with Gasteiger partial charge in [0.05, 0.1) is 6.04 Å². The second kappa shape index (κ2) is 6.36. The molecule has 0 bridgehead atoms. The number of carbonyl (C=O) groups excluding carboxylic acids is 2. The van der Waals surface area contributed by atoms with Gasteiger partial charge in [0, 0.05) is 24.0 Å². The lowest BCUT2D eigenvalue weighted by atomic mass is 9.75. The Morgan fingerprint density at radius 2 is 1.94 bits per heavy atom. The molecule has 4 heterocycles. The van der Waals surface area contributed by atoms with Crippen LogP contribution in [0.15, 0.2) is 42.1 Å². The molecule has 7 rings (SSSR count). The Morgan fingerprint density at radius 3 is 2.81 bits per heavy atom. The SMILES string of the molecule is O=C1C2=CC3C4CCC=CC4NC3C(c3ccc4c(c3)OCO4)N2C(=O)CN1C1CC1. The second-order valence-electron chi connectivity index (χ2n) is 9.50. The fraction of sp³-hybridized carbons (Fsp3) is 0.500. The first kappa shape index (κ1) is 17.8. The standard InChI is InChI=1S/C24H25N3O4/c28-21-11-26(14-6-7-14)24(29)18-10-16-15-3-1-2-4-17(15)25-22(16)23(27(18)21)13-5-8-19-20(9-13)31-12-30-19/h2,4-5,8-10,14-17,22-23,25H,1,3,6-7,11-12H2. The van der Waals surface area contributed by atoms with E-state index in [9.17, 15) is 9.59 Å². The number of hydrogen-bond donors (Lipinski definition) is 1. The van der Waals surface area contributed by atoms with Gasteiger partial charge in [-0.3, -0.25) is 14.5 Å². The summed E-state index contributed by atoms with van der Waals surface area (Å²) in [7, 11) is 0. The summed E-state index contributed by atoms with van der Waals surface area (Å²) in [6, 6.07) is 6.25. The molecule has 1 aromatic carbocycles. The molecule has 3 fully saturated rings. The zero-order chi connectivity index (χ0) is 20.7. The number of benzene rings is 1. The summed E-state index contributed by atoms with van der Waals surface area (Å²) in [5.41, 5.74) is 1.56. The number of hydrogen-bond acceptors (Lipinski definition) is 5. The van der Waals surface area contributed by atoms with Crippen LogP contribution in [-0.4, -0.2) is 53.1 Å². The highest BCUT2D eigenvalue weighted by Crippen LogP contribution is 2.49. The second-order valence-corrected chi connectivity index (χ2v) is 9.50. The highest BCUT2D eigenvalue weighted by atomic mass is 16.7. The summed E-state index contributed by atoms with van der Waals surface area (Å²) < 4.78 is 11.1. The van der Waals surface area contributed by atoms with Gasteiger partial charge in [0.15, 0.2) is 11.5 Å². The van der Waals surface area contributed by atoms with Gasteiger partial charge in [0.2, 0.25) is 12.7 Å². The number of nitrogens with one attached hydrogen (secondary N) is 1. The van der Waals surface area contributed by atoms with E-state index in [-0.39, 0.29) is 55.2 Å². The van der Waals surface area contributed by atoms with Crippen LogP contribution >= 0.6 is 0 Å². The third kappa shape index (κ3) is 2.56. The molecule has 1 aromatic rings. The van der Waals surface area contributed by atoms with Crippen molar-refractivity contribution in [3.63, 3.8) is 0 Å². The van der Waals surface area contributed by atoms with Crippen molar-refractivity contribution in [3.8, 4) is 11.5 Å². The lowest BCUT2D eigenvalue weighted by molar-refractivity contribution is -0.149. The Kier molecular flexibility index (Phi) is 3.66. The van der Waals surface area contributed by atoms with Crippen LogP contribution in [0.4, 0.5) is 0 Å². The Labute approximate surface area is 180 Å². The van der Waals surface area contributed by atoms with Gasteiger partial charge in [-0.15, -0.1) is 0 Å². The quantitative estimate of drug-likeness (QED) is 0.744. The predicted octanol–water partition coefficient (Wildman–Crippen LogP) is 2.11. The molecular weight excluding hydrogens is 394 g/mol. The number of carbonyl (C=O) groups is 2. The zero-order valence-electron chi connectivity index (χ0n) is 17.2. The molecule has 0 radical (unpaired) electrons. The molecular formula is C24H25N3O4. The van der Waals surface area contributed by atoms with E-state index >= 15 is 0 Å². The molecule has 5 atom stereocenters. The van der Waals surface area contributed by atoms with Crippen LogP contribution in [0.1, 0.15) is 37.3 Å². The lowest BCUT2D eigenvalue weighted by Gasteiger charge is -2.47. The van der Waals surface area contributed by atoms with E-state index in [1.54, 1.807) is 9.80 Å². The third-order valence-electron chi connectivity index (χ3n) is 7.77. The molecule has 4 aliphatic heterocycles. The maximum Gasteiger partial charge on any atom is 0.270 e. The molecule has 2 amide bonds. The van der Waals surface area contributed by atoms with Crippen LogP contribution in [0.25, 0.3) is 0 Å². The minimum atomic E-state index is -0.240. The molecule has 7 nitrogen and oxygen atoms in total. The molecule has 0 aromatic heterocycles. The Bertz CT molecular complexity index is 1050. The first-order chi connectivity index (χ1) is 15.2. The minimum Gasteiger partial charge on any atom is -0.454 e. The number of amides is 2. The van der Waals surface area contributed by atoms with E-state index in [4.69, 9.17) is 9.47 Å². The lowest BCUT2D eigenvalue weighted by Crippen LogP contribution is -2.59. The van der Waals surface area contributed by atoms with Crippen molar-refractivity contribution in [2.24, 2.45) is 11.8 Å². The van der Waals surface area contributed by atoms with Crippen LogP contribution in [0.3, 0.4) is 0 Å². The molecule has 1 N–H and O–H groups in total. The summed E-state index contributed by atoms with van der Waals surface area (Å²) in [5.74, 6) is 2.11. The van der Waals surface area contributed by atoms with Gasteiger partial charge in [-0.1, -0.05) is 18.2 Å². The maximum atomic E-state index is 13.5. The van der Waals surface area contributed by atoms with Crippen LogP contribution in [0.2, 0.25) is 0 Å². The van der Waals surface area contributed by atoms with Crippen LogP contribution in [0.5, 0.6) is 11.5 Å². The topological polar surface area (TPSA) is 71.1 Å². The van der Waals surface area contributed by atoms with Crippen molar-refractivity contribution < 1.29 is 19.1 Å². The molecule has 2 aliphatic carbocycles. The molecule has 31 heavy (non-hydrogen) atoms. The molecule has 6 aliphatic rings. The van der Waals surface area contributed by atoms with E-state index in [0.717, 1.165) is 37.0 Å². The van der Waals surface area contributed by atoms with E-state index in [0.29, 0.717) is 17.4 Å². The molecule has 7 heteroatoms. The summed E-state index contributed by atoms with van der Waals surface area (Å²) >= 11 is 0. The van der Waals surface area contributed by atoms with Crippen LogP contribution < -0.4 is 14.8 Å². The van der Waals surface area contributed by atoms with Gasteiger partial charge >= 0.3 is 0 Å². The number of fused-ring (bicyclic) bond motifs is 5. The normalized spacial score (nSPS) is 35.6. The van der Waals surface area contributed by atoms with Crippen molar-refractivity contribution in [1.82, 2.24) is 15.1 Å². The zero-order valence-corrected chi connectivity index (χ0v) is 17.2. The molecule has 0 spiro atoms. The fourth-order valence-electron chi connectivity index (χ4n) is 6.21. The van der Waals surface area contributed by atoms with E-state index in [1.165, 1.54) is 0 Å². The summed E-state index contributed by atoms with van der Waals surface area (Å²) in [6.07, 6.45) is 10.8. The van der Waals surface area contributed by atoms with Crippen molar-refractivity contribution in [1.29, 1.82) is 0 Å². The van der Waals surface area contributed by atoms with Gasteiger partial charge < -0.3 is 19.7 Å². The van der Waals surface area contributed by atoms with Gasteiger partial charge in [0.25, 0.3) is 5.91 Å². The first-order valence-corrected chi connectivity index (χ1v) is 11.4. The molecule has 160 valence electrons. The number of nitrogens with zero attached hydrogens (tertiary/aromatic N) is 2. The Morgan fingerprint density at radius 1 is 1.06 bits per heavy atom. The van der Waals surface area contributed by atoms with Crippen molar-refractivity contribution in [2.75, 3.05) is 13.3 Å². The maximum absolute atomic E-state index is 13.5. The summed E-state index contributed by atoms with van der Waals surface area (Å²) in [4.78, 5) is 30.5. The minimum absolute atomic E-state index is 0.00563. The van der Waals surface area contributed by atoms with Crippen LogP contribution in [0, 0.1) is 11.8 Å². The highest BCUT2D eigenvalue weighted by Gasteiger charge is 2.54. The Balaban J connectivity index is 1.36. The number of ether oxygens (including phenoxy) is 2. The molecule has 1 saturated carbocycles. The van der Waals surface area contributed by atoms with E-state index in [2.05, 4.69) is 23.5 Å². The average molecular weight is 419 g/mol. The Hall–Kier alpha value is -2.80. The largest absolute Gasteiger partial charge is 0.454 e. The number of rotatable bonds is 2. The summed E-state index contributed by atoms with van der Waals surface area (Å²) in [5, 5.41) is 3.80. The molecule has 5 unspecified atom stereocenters. The fourth-order valence-corrected chi connectivity index (χ4v) is 6.21. The van der Waals surface area contributed by atoms with Gasteiger partial charge in [-0.05, 0) is 55.4 Å². The van der Waals surface area contributed by atoms with Gasteiger partial charge in [0.1, 0.15) is 12.2 Å². The van der Waals surface area contributed by atoms with Crippen molar-refractivity contribution in [2.45, 2.75) is 49.9 Å². The molecule has 2 saturated heterocycles. The van der Waals surface area contributed by atoms with Crippen molar-refractivity contribution in [3.05, 3.63) is 47.7 Å². The average Bonchev–Trinajstić information content (AvgIpc) is 3.40. The van der Waals surface area contributed by atoms with Gasteiger partial charge in [-0.25, -0.2) is 0 Å². The predicted molar refractivity (Wildman–Crippen MR) is 111 cm³/mol. The van der Waals surface area contributed by atoms with E-state index < -0.39 is 0 Å². The van der Waals surface area contributed by atoms with Gasteiger partial charge in [-0.2, -0.15) is 0 Å². The van der Waals surface area contributed by atoms with Crippen LogP contribution in [-0.2, 0) is 9.59 Å². The smallest absolute Gasteiger partial charge is 0.270 e. The third-order valence-corrected chi connectivity index (χ3v) is 7.77. The van der Waals surface area contributed by atoms with E-state index in [1.807, 2.05) is 18.2 Å². The number of allylic oxidation sites excluding steroid dienone is 1.